The molecule has 0 radical (unpaired) electrons. The van der Waals surface area contributed by atoms with Crippen molar-refractivity contribution < 1.29 is 9.90 Å². The summed E-state index contributed by atoms with van der Waals surface area (Å²) < 4.78 is 0. The van der Waals surface area contributed by atoms with Gasteiger partial charge < -0.3 is 10.8 Å². The molecule has 0 aliphatic rings. The Labute approximate surface area is 87.5 Å². The summed E-state index contributed by atoms with van der Waals surface area (Å²) in [5.74, 6) is -1.04. The molecule has 0 aliphatic heterocycles. The molecule has 1 aromatic rings. The van der Waals surface area contributed by atoms with Crippen LogP contribution in [-0.2, 0) is 4.79 Å². The Morgan fingerprint density at radius 1 is 1.50 bits per heavy atom. The Bertz CT molecular complexity index is 377. The van der Waals surface area contributed by atoms with Gasteiger partial charge in [0, 0.05) is 5.02 Å². The van der Waals surface area contributed by atoms with Gasteiger partial charge in [0.15, 0.2) is 0 Å². The molecule has 0 heterocycles. The third-order valence-electron chi connectivity index (χ3n) is 2.24. The fourth-order valence-corrected chi connectivity index (χ4v) is 1.60. The van der Waals surface area contributed by atoms with Crippen molar-refractivity contribution in [3.63, 3.8) is 0 Å². The van der Waals surface area contributed by atoms with E-state index >= 15 is 0 Å². The molecule has 0 bridgehead atoms. The summed E-state index contributed by atoms with van der Waals surface area (Å²) in [6, 6.07) is 2.51. The first kappa shape index (κ1) is 11.0. The van der Waals surface area contributed by atoms with E-state index in [1.807, 2.05) is 6.92 Å². The lowest BCUT2D eigenvalue weighted by Gasteiger charge is -2.14. The normalized spacial score (nSPS) is 12.6. The first-order chi connectivity index (χ1) is 6.45. The number of hydrogen-bond acceptors (Lipinski definition) is 2. The van der Waals surface area contributed by atoms with Crippen LogP contribution in [0.2, 0.25) is 5.02 Å². The molecule has 1 aromatic carbocycles. The van der Waals surface area contributed by atoms with Crippen LogP contribution >= 0.6 is 11.6 Å². The number of benzene rings is 1. The van der Waals surface area contributed by atoms with Crippen LogP contribution < -0.4 is 5.73 Å². The second kappa shape index (κ2) is 3.98. The van der Waals surface area contributed by atoms with Gasteiger partial charge in [-0.1, -0.05) is 17.7 Å². The molecular weight excluding hydrogens is 202 g/mol. The molecule has 0 saturated heterocycles. The average molecular weight is 214 g/mol. The van der Waals surface area contributed by atoms with E-state index in [4.69, 9.17) is 22.4 Å². The van der Waals surface area contributed by atoms with E-state index in [2.05, 4.69) is 0 Å². The maximum Gasteiger partial charge on any atom is 0.325 e. The van der Waals surface area contributed by atoms with Crippen LogP contribution in [0.5, 0.6) is 0 Å². The lowest BCUT2D eigenvalue weighted by atomic mass is 9.97. The maximum absolute atomic E-state index is 10.7. The zero-order valence-electron chi connectivity index (χ0n) is 8.04. The summed E-state index contributed by atoms with van der Waals surface area (Å²) in [7, 11) is 0. The van der Waals surface area contributed by atoms with Crippen LogP contribution in [0.15, 0.2) is 12.1 Å². The summed E-state index contributed by atoms with van der Waals surface area (Å²) in [4.78, 5) is 10.7. The molecule has 76 valence electrons. The molecule has 1 rings (SSSR count). The first-order valence-corrected chi connectivity index (χ1v) is 4.57. The van der Waals surface area contributed by atoms with E-state index in [9.17, 15) is 4.79 Å². The summed E-state index contributed by atoms with van der Waals surface area (Å²) in [5.41, 5.74) is 7.74. The average Bonchev–Trinajstić information content (AvgIpc) is 2.12. The molecule has 4 heteroatoms. The molecule has 0 amide bonds. The highest BCUT2D eigenvalue weighted by molar-refractivity contribution is 6.31. The topological polar surface area (TPSA) is 63.3 Å². The van der Waals surface area contributed by atoms with Crippen molar-refractivity contribution in [2.24, 2.45) is 5.73 Å². The first-order valence-electron chi connectivity index (χ1n) is 4.19. The minimum absolute atomic E-state index is 0.544. The molecule has 0 spiro atoms. The van der Waals surface area contributed by atoms with Crippen LogP contribution in [0.1, 0.15) is 22.7 Å². The Morgan fingerprint density at radius 3 is 2.57 bits per heavy atom. The molecule has 0 aliphatic carbocycles. The number of aliphatic carboxylic acids is 1. The predicted octanol–water partition coefficient (Wildman–Crippen LogP) is 2.04. The van der Waals surface area contributed by atoms with Crippen LogP contribution in [0.4, 0.5) is 0 Å². The summed E-state index contributed by atoms with van der Waals surface area (Å²) in [6.45, 7) is 3.59. The molecule has 1 atom stereocenters. The molecule has 14 heavy (non-hydrogen) atoms. The van der Waals surface area contributed by atoms with Gasteiger partial charge in [-0.3, -0.25) is 4.79 Å². The van der Waals surface area contributed by atoms with Crippen molar-refractivity contribution in [1.29, 1.82) is 0 Å². The quantitative estimate of drug-likeness (QED) is 0.790. The van der Waals surface area contributed by atoms with Gasteiger partial charge in [-0.25, -0.2) is 0 Å². The molecular formula is C10H12ClNO2. The van der Waals surface area contributed by atoms with Crippen molar-refractivity contribution in [3.8, 4) is 0 Å². The van der Waals surface area contributed by atoms with Gasteiger partial charge in [0.05, 0.1) is 0 Å². The minimum Gasteiger partial charge on any atom is -0.480 e. The Balaban J connectivity index is 3.32. The second-order valence-electron chi connectivity index (χ2n) is 3.22. The predicted molar refractivity (Wildman–Crippen MR) is 55.5 cm³/mol. The number of carboxylic acid groups (broad SMARTS) is 1. The number of halogens is 1. The fraction of sp³-hybridized carbons (Fsp3) is 0.300. The van der Waals surface area contributed by atoms with Gasteiger partial charge >= 0.3 is 5.97 Å². The van der Waals surface area contributed by atoms with E-state index in [-0.39, 0.29) is 0 Å². The van der Waals surface area contributed by atoms with E-state index in [0.29, 0.717) is 10.6 Å². The lowest BCUT2D eigenvalue weighted by molar-refractivity contribution is -0.138. The van der Waals surface area contributed by atoms with Gasteiger partial charge in [0.2, 0.25) is 0 Å². The van der Waals surface area contributed by atoms with E-state index in [1.165, 1.54) is 0 Å². The number of carboxylic acids is 1. The van der Waals surface area contributed by atoms with Gasteiger partial charge in [-0.2, -0.15) is 0 Å². The Kier molecular flexibility index (Phi) is 3.13. The van der Waals surface area contributed by atoms with E-state index < -0.39 is 12.0 Å². The van der Waals surface area contributed by atoms with Crippen molar-refractivity contribution in [1.82, 2.24) is 0 Å². The standard InChI is InChI=1S/C10H12ClNO2/c1-5-3-4-7(11)6(2)8(5)9(12)10(13)14/h3-4,9H,12H2,1-2H3,(H,13,14). The largest absolute Gasteiger partial charge is 0.480 e. The van der Waals surface area contributed by atoms with E-state index in [0.717, 1.165) is 11.1 Å². The van der Waals surface area contributed by atoms with Crippen LogP contribution in [-0.4, -0.2) is 11.1 Å². The molecule has 3 nitrogen and oxygen atoms in total. The minimum atomic E-state index is -1.04. The zero-order chi connectivity index (χ0) is 10.9. The molecule has 3 N–H and O–H groups in total. The highest BCUT2D eigenvalue weighted by atomic mass is 35.5. The number of nitrogens with two attached hydrogens (primary N) is 1. The number of hydrogen-bond donors (Lipinski definition) is 2. The molecule has 0 saturated carbocycles. The van der Waals surface area contributed by atoms with Gasteiger partial charge in [-0.15, -0.1) is 0 Å². The Hall–Kier alpha value is -1.06. The lowest BCUT2D eigenvalue weighted by Crippen LogP contribution is -2.22. The molecule has 0 aromatic heterocycles. The van der Waals surface area contributed by atoms with Crippen LogP contribution in [0.25, 0.3) is 0 Å². The van der Waals surface area contributed by atoms with Crippen molar-refractivity contribution in [3.05, 3.63) is 33.8 Å². The monoisotopic (exact) mass is 213 g/mol. The summed E-state index contributed by atoms with van der Waals surface area (Å²) >= 11 is 5.89. The van der Waals surface area contributed by atoms with Crippen molar-refractivity contribution >= 4 is 17.6 Å². The van der Waals surface area contributed by atoms with Crippen LogP contribution in [0.3, 0.4) is 0 Å². The van der Waals surface area contributed by atoms with Crippen LogP contribution in [0, 0.1) is 13.8 Å². The summed E-state index contributed by atoms with van der Waals surface area (Å²) in [5, 5.41) is 9.35. The van der Waals surface area contributed by atoms with Crippen molar-refractivity contribution in [2.75, 3.05) is 0 Å². The molecule has 1 unspecified atom stereocenters. The van der Waals surface area contributed by atoms with Gasteiger partial charge in [0.25, 0.3) is 0 Å². The number of rotatable bonds is 2. The highest BCUT2D eigenvalue weighted by Crippen LogP contribution is 2.26. The third kappa shape index (κ3) is 1.89. The SMILES string of the molecule is Cc1ccc(Cl)c(C)c1C(N)C(=O)O. The number of carbonyl (C=O) groups is 1. The Morgan fingerprint density at radius 2 is 2.07 bits per heavy atom. The molecule has 0 fully saturated rings. The van der Waals surface area contributed by atoms with Crippen molar-refractivity contribution in [2.45, 2.75) is 19.9 Å². The van der Waals surface area contributed by atoms with Gasteiger partial charge in [0.1, 0.15) is 6.04 Å². The van der Waals surface area contributed by atoms with Gasteiger partial charge in [-0.05, 0) is 36.6 Å². The maximum atomic E-state index is 10.7. The fourth-order valence-electron chi connectivity index (χ4n) is 1.44. The third-order valence-corrected chi connectivity index (χ3v) is 2.65. The smallest absolute Gasteiger partial charge is 0.325 e. The zero-order valence-corrected chi connectivity index (χ0v) is 8.80. The highest BCUT2D eigenvalue weighted by Gasteiger charge is 2.19. The second-order valence-corrected chi connectivity index (χ2v) is 3.63. The summed E-state index contributed by atoms with van der Waals surface area (Å²) in [6.07, 6.45) is 0. The van der Waals surface area contributed by atoms with E-state index in [1.54, 1.807) is 19.1 Å². The number of aryl methyl sites for hydroxylation is 1.